The Morgan fingerprint density at radius 3 is 2.63 bits per heavy atom. The van der Waals surface area contributed by atoms with Crippen molar-refractivity contribution in [3.05, 3.63) is 69.8 Å². The molecule has 0 aliphatic rings. The molecule has 0 amide bonds. The quantitative estimate of drug-likeness (QED) is 0.206. The van der Waals surface area contributed by atoms with Gasteiger partial charge in [0, 0.05) is 25.7 Å². The number of guanidine groups is 1. The van der Waals surface area contributed by atoms with Crippen molar-refractivity contribution >= 4 is 35.6 Å². The van der Waals surface area contributed by atoms with Gasteiger partial charge in [0.05, 0.1) is 11.5 Å². The molecule has 8 heteroatoms. The number of non-ortho nitro benzene ring substituents is 1. The van der Waals surface area contributed by atoms with E-state index < -0.39 is 4.92 Å². The van der Waals surface area contributed by atoms with Gasteiger partial charge in [-0.1, -0.05) is 30.3 Å². The summed E-state index contributed by atoms with van der Waals surface area (Å²) in [5, 5.41) is 17.2. The first-order valence-corrected chi connectivity index (χ1v) is 8.39. The summed E-state index contributed by atoms with van der Waals surface area (Å²) in [5.74, 6) is 1.47. The van der Waals surface area contributed by atoms with E-state index in [1.807, 2.05) is 44.2 Å². The highest BCUT2D eigenvalue weighted by Gasteiger charge is 2.08. The van der Waals surface area contributed by atoms with Crippen molar-refractivity contribution in [2.45, 2.75) is 26.5 Å². The lowest BCUT2D eigenvalue weighted by Crippen LogP contribution is -2.41. The zero-order chi connectivity index (χ0) is 18.9. The second-order valence-electron chi connectivity index (χ2n) is 5.93. The molecule has 0 aliphatic heterocycles. The smallest absolute Gasteiger partial charge is 0.269 e. The maximum Gasteiger partial charge on any atom is 0.269 e. The van der Waals surface area contributed by atoms with Gasteiger partial charge in [0.2, 0.25) is 0 Å². The monoisotopic (exact) mass is 484 g/mol. The highest BCUT2D eigenvalue weighted by atomic mass is 127. The molecule has 2 rings (SSSR count). The van der Waals surface area contributed by atoms with E-state index in [0.717, 1.165) is 16.9 Å². The van der Waals surface area contributed by atoms with Gasteiger partial charge in [-0.05, 0) is 31.0 Å². The molecule has 0 aromatic heterocycles. The zero-order valence-corrected chi connectivity index (χ0v) is 18.0. The minimum atomic E-state index is -0.402. The summed E-state index contributed by atoms with van der Waals surface area (Å²) in [6.07, 6.45) is -0.0486. The van der Waals surface area contributed by atoms with Gasteiger partial charge in [-0.15, -0.1) is 24.0 Å². The number of nitrogens with zero attached hydrogens (tertiary/aromatic N) is 2. The molecule has 27 heavy (non-hydrogen) atoms. The van der Waals surface area contributed by atoms with Crippen LogP contribution in [0.3, 0.4) is 0 Å². The largest absolute Gasteiger partial charge is 0.489 e. The minimum absolute atomic E-state index is 0. The Morgan fingerprint density at radius 2 is 1.96 bits per heavy atom. The van der Waals surface area contributed by atoms with Crippen molar-refractivity contribution in [1.29, 1.82) is 0 Å². The second kappa shape index (κ2) is 11.4. The fourth-order valence-electron chi connectivity index (χ4n) is 2.37. The molecule has 146 valence electrons. The number of benzene rings is 2. The van der Waals surface area contributed by atoms with Crippen molar-refractivity contribution in [2.75, 3.05) is 13.6 Å². The normalized spacial score (nSPS) is 11.9. The number of nitro benzene ring substituents is 1. The van der Waals surface area contributed by atoms with Gasteiger partial charge < -0.3 is 15.4 Å². The van der Waals surface area contributed by atoms with E-state index in [1.165, 1.54) is 6.07 Å². The molecule has 0 saturated carbocycles. The fourth-order valence-corrected chi connectivity index (χ4v) is 2.37. The second-order valence-corrected chi connectivity index (χ2v) is 5.93. The van der Waals surface area contributed by atoms with Crippen molar-refractivity contribution in [1.82, 2.24) is 10.6 Å². The van der Waals surface area contributed by atoms with Crippen molar-refractivity contribution in [3.8, 4) is 5.75 Å². The van der Waals surface area contributed by atoms with Crippen LogP contribution < -0.4 is 15.4 Å². The average molecular weight is 484 g/mol. The van der Waals surface area contributed by atoms with Gasteiger partial charge in [-0.3, -0.25) is 15.1 Å². The van der Waals surface area contributed by atoms with E-state index in [4.69, 9.17) is 4.74 Å². The minimum Gasteiger partial charge on any atom is -0.489 e. The number of aryl methyl sites for hydroxylation is 1. The summed E-state index contributed by atoms with van der Waals surface area (Å²) in [5.41, 5.74) is 1.98. The maximum atomic E-state index is 10.8. The van der Waals surface area contributed by atoms with Crippen LogP contribution in [0.1, 0.15) is 18.1 Å². The molecule has 2 aromatic carbocycles. The molecule has 0 bridgehead atoms. The summed E-state index contributed by atoms with van der Waals surface area (Å²) in [6.45, 7) is 5.00. The van der Waals surface area contributed by atoms with Gasteiger partial charge in [-0.2, -0.15) is 0 Å². The number of hydrogen-bond acceptors (Lipinski definition) is 4. The van der Waals surface area contributed by atoms with Crippen LogP contribution in [0, 0.1) is 17.0 Å². The van der Waals surface area contributed by atoms with Gasteiger partial charge in [0.25, 0.3) is 5.69 Å². The summed E-state index contributed by atoms with van der Waals surface area (Å²) >= 11 is 0. The highest BCUT2D eigenvalue weighted by Crippen LogP contribution is 2.17. The molecule has 1 atom stereocenters. The maximum absolute atomic E-state index is 10.8. The number of halogens is 1. The summed E-state index contributed by atoms with van der Waals surface area (Å²) in [6, 6.07) is 14.4. The zero-order valence-electron chi connectivity index (χ0n) is 15.6. The van der Waals surface area contributed by atoms with Gasteiger partial charge in [0.15, 0.2) is 5.96 Å². The third-order valence-corrected chi connectivity index (χ3v) is 3.78. The third-order valence-electron chi connectivity index (χ3n) is 3.78. The predicted octanol–water partition coefficient (Wildman–Crippen LogP) is 3.65. The lowest BCUT2D eigenvalue weighted by atomic mass is 10.2. The molecule has 0 heterocycles. The van der Waals surface area contributed by atoms with Crippen molar-refractivity contribution in [2.24, 2.45) is 4.99 Å². The van der Waals surface area contributed by atoms with Crippen LogP contribution in [0.5, 0.6) is 5.75 Å². The number of para-hydroxylation sites is 1. The number of aliphatic imine (C=N–C) groups is 1. The van der Waals surface area contributed by atoms with Crippen LogP contribution >= 0.6 is 24.0 Å². The lowest BCUT2D eigenvalue weighted by Gasteiger charge is -2.18. The molecule has 0 saturated heterocycles. The first kappa shape index (κ1) is 22.7. The van der Waals surface area contributed by atoms with Crippen LogP contribution in [0.2, 0.25) is 0 Å². The first-order chi connectivity index (χ1) is 12.5. The molecule has 2 aromatic rings. The van der Waals surface area contributed by atoms with E-state index in [0.29, 0.717) is 19.0 Å². The van der Waals surface area contributed by atoms with Crippen LogP contribution in [0.4, 0.5) is 5.69 Å². The number of rotatable bonds is 7. The predicted molar refractivity (Wildman–Crippen MR) is 118 cm³/mol. The van der Waals surface area contributed by atoms with Crippen LogP contribution in [0.15, 0.2) is 53.5 Å². The van der Waals surface area contributed by atoms with E-state index in [9.17, 15) is 10.1 Å². The molecule has 2 N–H and O–H groups in total. The van der Waals surface area contributed by atoms with Crippen LogP contribution in [0.25, 0.3) is 0 Å². The van der Waals surface area contributed by atoms with Gasteiger partial charge in [-0.25, -0.2) is 0 Å². The van der Waals surface area contributed by atoms with E-state index in [-0.39, 0.29) is 35.8 Å². The average Bonchev–Trinajstić information content (AvgIpc) is 2.64. The molecular weight excluding hydrogens is 459 g/mol. The SMILES string of the molecule is CN=C(NCc1cccc([N+](=O)[O-])c1)NCC(C)Oc1ccccc1C.I. The Bertz CT molecular complexity index is 783. The summed E-state index contributed by atoms with van der Waals surface area (Å²) in [4.78, 5) is 14.6. The number of nitro groups is 1. The van der Waals surface area contributed by atoms with E-state index in [1.54, 1.807) is 19.2 Å². The van der Waals surface area contributed by atoms with Crippen LogP contribution in [-0.4, -0.2) is 30.6 Å². The molecule has 7 nitrogen and oxygen atoms in total. The Kier molecular flexibility index (Phi) is 9.55. The fraction of sp³-hybridized carbons (Fsp3) is 0.316. The topological polar surface area (TPSA) is 88.8 Å². The Balaban J connectivity index is 0.00000364. The lowest BCUT2D eigenvalue weighted by molar-refractivity contribution is -0.384. The van der Waals surface area contributed by atoms with E-state index >= 15 is 0 Å². The highest BCUT2D eigenvalue weighted by molar-refractivity contribution is 14.0. The number of hydrogen-bond donors (Lipinski definition) is 2. The standard InChI is InChI=1S/C19H24N4O3.HI/c1-14-7-4-5-10-18(14)26-15(2)12-21-19(20-3)22-13-16-8-6-9-17(11-16)23(24)25;/h4-11,15H,12-13H2,1-3H3,(H2,20,21,22);1H. The van der Waals surface area contributed by atoms with Gasteiger partial charge in [0.1, 0.15) is 11.9 Å². The summed E-state index contributed by atoms with van der Waals surface area (Å²) < 4.78 is 5.92. The molecule has 0 fully saturated rings. The number of ether oxygens (including phenoxy) is 1. The molecular formula is C19H25IN4O3. The Hall–Kier alpha value is -2.36. The van der Waals surface area contributed by atoms with Gasteiger partial charge >= 0.3 is 0 Å². The molecule has 0 spiro atoms. The van der Waals surface area contributed by atoms with Crippen LogP contribution in [-0.2, 0) is 6.54 Å². The van der Waals surface area contributed by atoms with Crippen molar-refractivity contribution in [3.63, 3.8) is 0 Å². The molecule has 1 unspecified atom stereocenters. The molecule has 0 aliphatic carbocycles. The third kappa shape index (κ3) is 7.41. The first-order valence-electron chi connectivity index (χ1n) is 8.39. The Labute approximate surface area is 176 Å². The summed E-state index contributed by atoms with van der Waals surface area (Å²) in [7, 11) is 1.68. The van der Waals surface area contributed by atoms with E-state index in [2.05, 4.69) is 15.6 Å². The molecule has 0 radical (unpaired) electrons. The Morgan fingerprint density at radius 1 is 1.22 bits per heavy atom. The number of nitrogens with one attached hydrogen (secondary N) is 2. The van der Waals surface area contributed by atoms with Crippen molar-refractivity contribution < 1.29 is 9.66 Å².